The third kappa shape index (κ3) is 2.77. The summed E-state index contributed by atoms with van der Waals surface area (Å²) in [5, 5.41) is 15.8. The van der Waals surface area contributed by atoms with Gasteiger partial charge in [0.25, 0.3) is 5.91 Å². The standard InChI is InChI=1S/C13H12ClN7O/c14-9-10(19-20-11(9)15)13(22)16-6-8-17-12(21-18-8)7-4-2-1-3-5-7/h1-5H,6H2,(H,16,22)(H3,15,19,20)(H,17,18,21). The fourth-order valence-electron chi connectivity index (χ4n) is 1.84. The Kier molecular flexibility index (Phi) is 3.75. The smallest absolute Gasteiger partial charge is 0.271 e. The number of hydrogen-bond donors (Lipinski definition) is 4. The molecule has 0 spiro atoms. The van der Waals surface area contributed by atoms with Crippen LogP contribution in [0, 0.1) is 0 Å². The number of nitrogen functional groups attached to an aromatic ring is 1. The Morgan fingerprint density at radius 2 is 2.00 bits per heavy atom. The molecular weight excluding hydrogens is 306 g/mol. The summed E-state index contributed by atoms with van der Waals surface area (Å²) in [5.41, 5.74) is 6.47. The van der Waals surface area contributed by atoms with Gasteiger partial charge in [-0.3, -0.25) is 15.0 Å². The molecule has 0 fully saturated rings. The lowest BCUT2D eigenvalue weighted by molar-refractivity contribution is 0.0945. The molecule has 2 aromatic heterocycles. The van der Waals surface area contributed by atoms with Gasteiger partial charge in [-0.05, 0) is 0 Å². The van der Waals surface area contributed by atoms with Gasteiger partial charge in [-0.1, -0.05) is 41.9 Å². The molecule has 1 amide bonds. The number of rotatable bonds is 4. The molecule has 1 aromatic carbocycles. The molecule has 3 aromatic rings. The quantitative estimate of drug-likeness (QED) is 0.578. The number of nitrogens with zero attached hydrogens (tertiary/aromatic N) is 3. The number of aromatic amines is 2. The van der Waals surface area contributed by atoms with Crippen LogP contribution >= 0.6 is 11.6 Å². The molecule has 0 unspecified atom stereocenters. The average molecular weight is 318 g/mol. The van der Waals surface area contributed by atoms with E-state index >= 15 is 0 Å². The Hall–Kier alpha value is -2.87. The highest BCUT2D eigenvalue weighted by molar-refractivity contribution is 6.35. The normalized spacial score (nSPS) is 10.6. The second kappa shape index (κ2) is 5.86. The number of halogens is 1. The number of benzene rings is 1. The van der Waals surface area contributed by atoms with Crippen molar-refractivity contribution in [3.05, 3.63) is 46.9 Å². The van der Waals surface area contributed by atoms with E-state index in [1.165, 1.54) is 0 Å². The van der Waals surface area contributed by atoms with Crippen LogP contribution in [-0.4, -0.2) is 31.3 Å². The number of carbonyl (C=O) groups excluding carboxylic acids is 1. The summed E-state index contributed by atoms with van der Waals surface area (Å²) in [6.07, 6.45) is 0. The molecule has 0 radical (unpaired) electrons. The lowest BCUT2D eigenvalue weighted by atomic mass is 10.2. The van der Waals surface area contributed by atoms with Crippen molar-refractivity contribution in [2.75, 3.05) is 5.73 Å². The van der Waals surface area contributed by atoms with Crippen molar-refractivity contribution in [1.82, 2.24) is 30.7 Å². The van der Waals surface area contributed by atoms with Crippen LogP contribution in [0.3, 0.4) is 0 Å². The first-order valence-corrected chi connectivity index (χ1v) is 6.77. The predicted octanol–water partition coefficient (Wildman–Crippen LogP) is 1.36. The van der Waals surface area contributed by atoms with Crippen molar-refractivity contribution in [3.8, 4) is 11.4 Å². The third-order valence-electron chi connectivity index (χ3n) is 2.94. The molecular formula is C13H12ClN7O. The molecule has 0 aliphatic heterocycles. The van der Waals surface area contributed by atoms with Gasteiger partial charge in [0, 0.05) is 5.56 Å². The number of nitrogens with two attached hydrogens (primary N) is 1. The van der Waals surface area contributed by atoms with Crippen LogP contribution in [0.5, 0.6) is 0 Å². The molecule has 3 rings (SSSR count). The minimum atomic E-state index is -0.424. The lowest BCUT2D eigenvalue weighted by Gasteiger charge is -2.00. The van der Waals surface area contributed by atoms with Crippen LogP contribution in [0.15, 0.2) is 30.3 Å². The number of amides is 1. The molecule has 0 aliphatic rings. The molecule has 0 bridgehead atoms. The van der Waals surface area contributed by atoms with Crippen LogP contribution < -0.4 is 11.1 Å². The van der Waals surface area contributed by atoms with Gasteiger partial charge in [-0.25, -0.2) is 4.98 Å². The summed E-state index contributed by atoms with van der Waals surface area (Å²) in [5.74, 6) is 0.745. The second-order valence-corrected chi connectivity index (χ2v) is 4.83. The van der Waals surface area contributed by atoms with Crippen molar-refractivity contribution in [1.29, 1.82) is 0 Å². The molecule has 22 heavy (non-hydrogen) atoms. The summed E-state index contributed by atoms with van der Waals surface area (Å²) in [7, 11) is 0. The number of nitrogens with one attached hydrogen (secondary N) is 3. The summed E-state index contributed by atoms with van der Waals surface area (Å²) in [6.45, 7) is 0.175. The van der Waals surface area contributed by atoms with Gasteiger partial charge in [-0.15, -0.1) is 0 Å². The molecule has 0 saturated carbocycles. The Bertz CT molecular complexity index is 796. The van der Waals surface area contributed by atoms with Crippen LogP contribution in [0.4, 0.5) is 5.82 Å². The molecule has 0 atom stereocenters. The maximum atomic E-state index is 11.9. The Morgan fingerprint density at radius 1 is 1.23 bits per heavy atom. The number of anilines is 1. The van der Waals surface area contributed by atoms with E-state index in [0.717, 1.165) is 5.56 Å². The van der Waals surface area contributed by atoms with E-state index in [1.807, 2.05) is 30.3 Å². The molecule has 5 N–H and O–H groups in total. The second-order valence-electron chi connectivity index (χ2n) is 4.45. The van der Waals surface area contributed by atoms with E-state index in [4.69, 9.17) is 17.3 Å². The van der Waals surface area contributed by atoms with Crippen molar-refractivity contribution >= 4 is 23.3 Å². The zero-order valence-electron chi connectivity index (χ0n) is 11.3. The SMILES string of the molecule is Nc1n[nH]c(C(=O)NCc2nc(-c3ccccc3)n[nH]2)c1Cl. The zero-order chi connectivity index (χ0) is 15.5. The summed E-state index contributed by atoms with van der Waals surface area (Å²) >= 11 is 5.85. The molecule has 0 aliphatic carbocycles. The van der Waals surface area contributed by atoms with Gasteiger partial charge in [0.1, 0.15) is 16.5 Å². The first-order chi connectivity index (χ1) is 10.6. The maximum absolute atomic E-state index is 11.9. The minimum absolute atomic E-state index is 0.0813. The fraction of sp³-hybridized carbons (Fsp3) is 0.0769. The van der Waals surface area contributed by atoms with Crippen molar-refractivity contribution < 1.29 is 4.79 Å². The largest absolute Gasteiger partial charge is 0.381 e. The van der Waals surface area contributed by atoms with E-state index in [-0.39, 0.29) is 23.1 Å². The van der Waals surface area contributed by atoms with Gasteiger partial charge in [0.2, 0.25) is 0 Å². The molecule has 8 nitrogen and oxygen atoms in total. The molecule has 0 saturated heterocycles. The lowest BCUT2D eigenvalue weighted by Crippen LogP contribution is -2.24. The highest BCUT2D eigenvalue weighted by atomic mass is 35.5. The maximum Gasteiger partial charge on any atom is 0.271 e. The number of hydrogen-bond acceptors (Lipinski definition) is 5. The third-order valence-corrected chi connectivity index (χ3v) is 3.32. The molecule has 9 heteroatoms. The Morgan fingerprint density at radius 3 is 2.68 bits per heavy atom. The topological polar surface area (TPSA) is 125 Å². The van der Waals surface area contributed by atoms with Crippen molar-refractivity contribution in [3.63, 3.8) is 0 Å². The minimum Gasteiger partial charge on any atom is -0.381 e. The highest BCUT2D eigenvalue weighted by Crippen LogP contribution is 2.19. The molecule has 2 heterocycles. The van der Waals surface area contributed by atoms with E-state index < -0.39 is 5.91 Å². The first kappa shape index (κ1) is 14.1. The van der Waals surface area contributed by atoms with Crippen LogP contribution in [0.25, 0.3) is 11.4 Å². The number of aromatic nitrogens is 5. The van der Waals surface area contributed by atoms with E-state index in [9.17, 15) is 4.79 Å². The van der Waals surface area contributed by atoms with Crippen LogP contribution in [0.2, 0.25) is 5.02 Å². The number of H-pyrrole nitrogens is 2. The van der Waals surface area contributed by atoms with E-state index in [0.29, 0.717) is 11.6 Å². The van der Waals surface area contributed by atoms with Gasteiger partial charge in [-0.2, -0.15) is 10.2 Å². The monoisotopic (exact) mass is 317 g/mol. The van der Waals surface area contributed by atoms with Crippen LogP contribution in [-0.2, 0) is 6.54 Å². The van der Waals surface area contributed by atoms with Gasteiger partial charge < -0.3 is 11.1 Å². The fourth-order valence-corrected chi connectivity index (χ4v) is 2.01. The Labute approximate surface area is 130 Å². The summed E-state index contributed by atoms with van der Waals surface area (Å²) < 4.78 is 0. The Balaban J connectivity index is 1.66. The highest BCUT2D eigenvalue weighted by Gasteiger charge is 2.16. The van der Waals surface area contributed by atoms with Gasteiger partial charge in [0.05, 0.1) is 6.54 Å². The van der Waals surface area contributed by atoms with E-state index in [2.05, 4.69) is 30.7 Å². The molecule has 112 valence electrons. The van der Waals surface area contributed by atoms with Crippen LogP contribution in [0.1, 0.15) is 16.3 Å². The first-order valence-electron chi connectivity index (χ1n) is 6.39. The summed E-state index contributed by atoms with van der Waals surface area (Å²) in [4.78, 5) is 16.3. The van der Waals surface area contributed by atoms with Gasteiger partial charge in [0.15, 0.2) is 11.6 Å². The van der Waals surface area contributed by atoms with E-state index in [1.54, 1.807) is 0 Å². The zero-order valence-corrected chi connectivity index (χ0v) is 12.1. The van der Waals surface area contributed by atoms with Crippen molar-refractivity contribution in [2.45, 2.75) is 6.54 Å². The van der Waals surface area contributed by atoms with Crippen molar-refractivity contribution in [2.24, 2.45) is 0 Å². The summed E-state index contributed by atoms with van der Waals surface area (Å²) in [6, 6.07) is 9.52. The van der Waals surface area contributed by atoms with Gasteiger partial charge >= 0.3 is 0 Å². The predicted molar refractivity (Wildman–Crippen MR) is 81.0 cm³/mol. The average Bonchev–Trinajstić information content (AvgIpc) is 3.14. The number of carbonyl (C=O) groups is 1.